The van der Waals surface area contributed by atoms with Crippen LogP contribution in [0.1, 0.15) is 0 Å². The standard InChI is InChI=1S/C14H9Cl2NO4S2/c15-10-6-7-12-13(8-10)17(9-14(12)22(16,18)19)23(20,21)11-4-2-1-3-5-11/h1-9H. The van der Waals surface area contributed by atoms with Gasteiger partial charge in [0.25, 0.3) is 19.1 Å². The third-order valence-electron chi connectivity index (χ3n) is 3.26. The molecular formula is C14H9Cl2NO4S2. The van der Waals surface area contributed by atoms with E-state index in [0.29, 0.717) is 0 Å². The lowest BCUT2D eigenvalue weighted by atomic mass is 10.2. The van der Waals surface area contributed by atoms with Crippen LogP contribution in [0.4, 0.5) is 0 Å². The highest BCUT2D eigenvalue weighted by Crippen LogP contribution is 2.32. The highest BCUT2D eigenvalue weighted by Gasteiger charge is 2.25. The summed E-state index contributed by atoms with van der Waals surface area (Å²) in [5.41, 5.74) is 0.139. The monoisotopic (exact) mass is 389 g/mol. The number of aromatic nitrogens is 1. The number of benzene rings is 2. The Kier molecular flexibility index (Phi) is 3.92. The number of fused-ring (bicyclic) bond motifs is 1. The van der Waals surface area contributed by atoms with E-state index in [4.69, 9.17) is 22.3 Å². The number of rotatable bonds is 3. The fourth-order valence-electron chi connectivity index (χ4n) is 2.24. The Morgan fingerprint density at radius 3 is 2.17 bits per heavy atom. The Morgan fingerprint density at radius 1 is 0.913 bits per heavy atom. The van der Waals surface area contributed by atoms with Crippen molar-refractivity contribution in [2.24, 2.45) is 0 Å². The van der Waals surface area contributed by atoms with Gasteiger partial charge in [-0.25, -0.2) is 20.8 Å². The maximum absolute atomic E-state index is 12.8. The van der Waals surface area contributed by atoms with Gasteiger partial charge in [-0.1, -0.05) is 29.8 Å². The Bertz CT molecular complexity index is 1100. The van der Waals surface area contributed by atoms with Crippen LogP contribution in [0.5, 0.6) is 0 Å². The van der Waals surface area contributed by atoms with Crippen LogP contribution in [0.25, 0.3) is 10.9 Å². The second-order valence-corrected chi connectivity index (χ2v) is 9.49. The first-order valence-corrected chi connectivity index (χ1v) is 10.4. The third-order valence-corrected chi connectivity index (χ3v) is 6.53. The van der Waals surface area contributed by atoms with Gasteiger partial charge in [0.15, 0.2) is 0 Å². The van der Waals surface area contributed by atoms with Crippen molar-refractivity contribution in [3.05, 3.63) is 59.8 Å². The van der Waals surface area contributed by atoms with Gasteiger partial charge in [-0.3, -0.25) is 0 Å². The zero-order chi connectivity index (χ0) is 16.8. The van der Waals surface area contributed by atoms with Gasteiger partial charge in [0.05, 0.1) is 10.4 Å². The maximum Gasteiger partial charge on any atom is 0.268 e. The zero-order valence-corrected chi connectivity index (χ0v) is 14.5. The van der Waals surface area contributed by atoms with Gasteiger partial charge in [0, 0.05) is 27.3 Å². The maximum atomic E-state index is 12.8. The predicted octanol–water partition coefficient (Wildman–Crippen LogP) is 3.46. The van der Waals surface area contributed by atoms with Crippen molar-refractivity contribution in [1.82, 2.24) is 3.97 Å². The van der Waals surface area contributed by atoms with E-state index >= 15 is 0 Å². The first kappa shape index (κ1) is 16.3. The topological polar surface area (TPSA) is 73.2 Å². The molecule has 5 nitrogen and oxygen atoms in total. The number of nitrogens with zero attached hydrogens (tertiary/aromatic N) is 1. The Balaban J connectivity index is 2.41. The van der Waals surface area contributed by atoms with Crippen molar-refractivity contribution in [1.29, 1.82) is 0 Å². The van der Waals surface area contributed by atoms with E-state index in [9.17, 15) is 16.8 Å². The van der Waals surface area contributed by atoms with Crippen molar-refractivity contribution in [3.8, 4) is 0 Å². The minimum atomic E-state index is -4.12. The van der Waals surface area contributed by atoms with Crippen LogP contribution in [0.15, 0.2) is 64.5 Å². The van der Waals surface area contributed by atoms with Crippen molar-refractivity contribution in [2.75, 3.05) is 0 Å². The predicted molar refractivity (Wildman–Crippen MR) is 89.0 cm³/mol. The van der Waals surface area contributed by atoms with Crippen LogP contribution in [0.2, 0.25) is 5.02 Å². The van der Waals surface area contributed by atoms with E-state index in [0.717, 1.165) is 10.2 Å². The van der Waals surface area contributed by atoms with Gasteiger partial charge in [-0.05, 0) is 30.3 Å². The molecule has 0 aliphatic carbocycles. The minimum Gasteiger partial charge on any atom is -0.240 e. The quantitative estimate of drug-likeness (QED) is 0.642. The lowest BCUT2D eigenvalue weighted by Crippen LogP contribution is -2.11. The normalized spacial score (nSPS) is 12.6. The number of halogens is 2. The second-order valence-electron chi connectivity index (χ2n) is 4.71. The molecule has 0 atom stereocenters. The summed E-state index contributed by atoms with van der Waals surface area (Å²) in [6.45, 7) is 0. The van der Waals surface area contributed by atoms with Gasteiger partial charge in [-0.15, -0.1) is 0 Å². The average Bonchev–Trinajstić information content (AvgIpc) is 2.87. The van der Waals surface area contributed by atoms with Gasteiger partial charge in [0.2, 0.25) is 0 Å². The number of hydrogen-bond acceptors (Lipinski definition) is 4. The van der Waals surface area contributed by atoms with E-state index < -0.39 is 19.1 Å². The van der Waals surface area contributed by atoms with Crippen molar-refractivity contribution in [2.45, 2.75) is 9.79 Å². The molecule has 0 aliphatic heterocycles. The molecule has 9 heteroatoms. The van der Waals surface area contributed by atoms with Gasteiger partial charge in [-0.2, -0.15) is 0 Å². The molecule has 0 spiro atoms. The minimum absolute atomic E-state index is 0.0235. The summed E-state index contributed by atoms with van der Waals surface area (Å²) in [4.78, 5) is -0.263. The SMILES string of the molecule is O=S(=O)(Cl)c1cn(S(=O)(=O)c2ccccc2)c2cc(Cl)ccc12. The summed E-state index contributed by atoms with van der Waals surface area (Å²) in [6.07, 6.45) is 0.992. The largest absolute Gasteiger partial charge is 0.268 e. The molecule has 0 amide bonds. The second kappa shape index (κ2) is 5.52. The van der Waals surface area contributed by atoms with Crippen LogP contribution in [0.3, 0.4) is 0 Å². The molecule has 0 bridgehead atoms. The van der Waals surface area contributed by atoms with E-state index in [1.54, 1.807) is 18.2 Å². The Morgan fingerprint density at radius 2 is 1.57 bits per heavy atom. The molecule has 1 aromatic heterocycles. The summed E-state index contributed by atoms with van der Waals surface area (Å²) in [6, 6.07) is 11.9. The van der Waals surface area contributed by atoms with Crippen molar-refractivity contribution in [3.63, 3.8) is 0 Å². The van der Waals surface area contributed by atoms with Crippen molar-refractivity contribution >= 4 is 52.3 Å². The molecule has 0 saturated heterocycles. The smallest absolute Gasteiger partial charge is 0.240 e. The molecule has 1 heterocycles. The molecule has 23 heavy (non-hydrogen) atoms. The summed E-state index contributed by atoms with van der Waals surface area (Å²) >= 11 is 5.92. The van der Waals surface area contributed by atoms with E-state index in [-0.39, 0.29) is 25.7 Å². The summed E-state index contributed by atoms with van der Waals surface area (Å²) in [5.74, 6) is 0. The summed E-state index contributed by atoms with van der Waals surface area (Å²) in [5, 5.41) is 0.461. The first-order chi connectivity index (χ1) is 10.7. The highest BCUT2D eigenvalue weighted by atomic mass is 35.7. The molecule has 0 saturated carbocycles. The molecule has 120 valence electrons. The molecule has 3 rings (SSSR count). The lowest BCUT2D eigenvalue weighted by Gasteiger charge is -2.07. The molecule has 0 aliphatic rings. The molecule has 2 aromatic carbocycles. The van der Waals surface area contributed by atoms with Crippen LogP contribution in [-0.2, 0) is 19.1 Å². The zero-order valence-electron chi connectivity index (χ0n) is 11.3. The van der Waals surface area contributed by atoms with Crippen LogP contribution < -0.4 is 0 Å². The highest BCUT2D eigenvalue weighted by molar-refractivity contribution is 8.14. The van der Waals surface area contributed by atoms with E-state index in [2.05, 4.69) is 0 Å². The molecule has 0 fully saturated rings. The van der Waals surface area contributed by atoms with Crippen molar-refractivity contribution < 1.29 is 16.8 Å². The summed E-state index contributed by atoms with van der Waals surface area (Å²) in [7, 11) is -2.69. The van der Waals surface area contributed by atoms with E-state index in [1.165, 1.54) is 30.3 Å². The fraction of sp³-hybridized carbons (Fsp3) is 0. The Hall–Kier alpha value is -1.54. The number of hydrogen-bond donors (Lipinski definition) is 0. The fourth-order valence-corrected chi connectivity index (χ4v) is 4.89. The average molecular weight is 390 g/mol. The van der Waals surface area contributed by atoms with Crippen LogP contribution >= 0.6 is 22.3 Å². The van der Waals surface area contributed by atoms with Gasteiger partial charge in [0.1, 0.15) is 4.90 Å². The Labute approximate surface area is 142 Å². The molecule has 3 aromatic rings. The van der Waals surface area contributed by atoms with Gasteiger partial charge < -0.3 is 0 Å². The third kappa shape index (κ3) is 2.85. The molecular weight excluding hydrogens is 381 g/mol. The summed E-state index contributed by atoms with van der Waals surface area (Å²) < 4.78 is 49.9. The molecule has 0 N–H and O–H groups in total. The first-order valence-electron chi connectivity index (χ1n) is 6.27. The van der Waals surface area contributed by atoms with E-state index in [1.807, 2.05) is 0 Å². The van der Waals surface area contributed by atoms with Gasteiger partial charge >= 0.3 is 0 Å². The molecule has 0 radical (unpaired) electrons. The molecule has 0 unspecified atom stereocenters. The van der Waals surface area contributed by atoms with Crippen LogP contribution in [0, 0.1) is 0 Å². The van der Waals surface area contributed by atoms with Crippen LogP contribution in [-0.4, -0.2) is 20.8 Å². The lowest BCUT2D eigenvalue weighted by molar-refractivity contribution is 0.589.